The van der Waals surface area contributed by atoms with E-state index in [1.165, 1.54) is 0 Å². The fourth-order valence-corrected chi connectivity index (χ4v) is 2.28. The summed E-state index contributed by atoms with van der Waals surface area (Å²) in [5, 5.41) is 17.8. The fourth-order valence-electron chi connectivity index (χ4n) is 2.28. The van der Waals surface area contributed by atoms with Crippen molar-refractivity contribution in [1.29, 1.82) is 0 Å². The number of hydrogen-bond acceptors (Lipinski definition) is 6. The van der Waals surface area contributed by atoms with E-state index in [0.717, 1.165) is 24.1 Å². The standard InChI is InChI=1S/C16H18N6O2/c1-2-3-14-8-15(24-19-14)9-17-16(23)13-6-4-12(5-7-13)10-22-11-18-20-21-22/h4-8,11H,2-3,9-10H2,1H3,(H,17,23). The summed E-state index contributed by atoms with van der Waals surface area (Å²) in [4.78, 5) is 12.2. The van der Waals surface area contributed by atoms with Crippen LogP contribution in [0.5, 0.6) is 0 Å². The Morgan fingerprint density at radius 2 is 2.12 bits per heavy atom. The number of benzene rings is 1. The average Bonchev–Trinajstić information content (AvgIpc) is 3.26. The first-order chi connectivity index (χ1) is 11.7. The first-order valence-electron chi connectivity index (χ1n) is 7.77. The Labute approximate surface area is 138 Å². The van der Waals surface area contributed by atoms with Crippen molar-refractivity contribution in [3.05, 3.63) is 59.2 Å². The van der Waals surface area contributed by atoms with Gasteiger partial charge in [-0.15, -0.1) is 5.10 Å². The molecule has 3 rings (SSSR count). The normalized spacial score (nSPS) is 10.7. The number of rotatable bonds is 7. The molecule has 124 valence electrons. The second-order valence-electron chi connectivity index (χ2n) is 5.42. The summed E-state index contributed by atoms with van der Waals surface area (Å²) in [5.74, 6) is 0.500. The Balaban J connectivity index is 1.54. The summed E-state index contributed by atoms with van der Waals surface area (Å²) < 4.78 is 6.81. The van der Waals surface area contributed by atoms with Gasteiger partial charge in [0, 0.05) is 11.6 Å². The molecule has 3 aromatic rings. The van der Waals surface area contributed by atoms with Gasteiger partial charge in [-0.25, -0.2) is 4.68 Å². The summed E-state index contributed by atoms with van der Waals surface area (Å²) in [6.07, 6.45) is 3.43. The van der Waals surface area contributed by atoms with Gasteiger partial charge in [-0.3, -0.25) is 4.79 Å². The van der Waals surface area contributed by atoms with E-state index in [4.69, 9.17) is 4.52 Å². The quantitative estimate of drug-likeness (QED) is 0.708. The number of nitrogens with one attached hydrogen (secondary N) is 1. The lowest BCUT2D eigenvalue weighted by Gasteiger charge is -2.05. The van der Waals surface area contributed by atoms with E-state index in [-0.39, 0.29) is 5.91 Å². The minimum atomic E-state index is -0.155. The van der Waals surface area contributed by atoms with Crippen LogP contribution < -0.4 is 5.32 Å². The first-order valence-corrected chi connectivity index (χ1v) is 7.77. The Kier molecular flexibility index (Phi) is 4.95. The van der Waals surface area contributed by atoms with E-state index in [9.17, 15) is 4.79 Å². The zero-order valence-corrected chi connectivity index (χ0v) is 13.3. The highest BCUT2D eigenvalue weighted by molar-refractivity contribution is 5.94. The number of nitrogens with zero attached hydrogens (tertiary/aromatic N) is 5. The van der Waals surface area contributed by atoms with Crippen LogP contribution in [0, 0.1) is 0 Å². The minimum Gasteiger partial charge on any atom is -0.359 e. The van der Waals surface area contributed by atoms with Gasteiger partial charge in [0.2, 0.25) is 0 Å². The van der Waals surface area contributed by atoms with Crippen molar-refractivity contribution in [2.45, 2.75) is 32.9 Å². The van der Waals surface area contributed by atoms with Crippen molar-refractivity contribution in [3.8, 4) is 0 Å². The van der Waals surface area contributed by atoms with Crippen LogP contribution in [-0.2, 0) is 19.5 Å². The summed E-state index contributed by atoms with van der Waals surface area (Å²) in [6, 6.07) is 9.18. The highest BCUT2D eigenvalue weighted by Gasteiger charge is 2.08. The molecule has 1 aromatic carbocycles. The Morgan fingerprint density at radius 3 is 2.83 bits per heavy atom. The monoisotopic (exact) mass is 326 g/mol. The molecular formula is C16H18N6O2. The molecule has 0 atom stereocenters. The van der Waals surface area contributed by atoms with Gasteiger partial charge in [0.25, 0.3) is 5.91 Å². The van der Waals surface area contributed by atoms with E-state index in [1.807, 2.05) is 18.2 Å². The minimum absolute atomic E-state index is 0.155. The number of aromatic nitrogens is 5. The van der Waals surface area contributed by atoms with Crippen molar-refractivity contribution in [1.82, 2.24) is 30.7 Å². The topological polar surface area (TPSA) is 98.7 Å². The van der Waals surface area contributed by atoms with Crippen molar-refractivity contribution >= 4 is 5.91 Å². The van der Waals surface area contributed by atoms with Crippen molar-refractivity contribution in [2.24, 2.45) is 0 Å². The molecule has 0 aliphatic carbocycles. The molecule has 0 aliphatic heterocycles. The van der Waals surface area contributed by atoms with Crippen LogP contribution in [0.4, 0.5) is 0 Å². The molecule has 0 saturated heterocycles. The van der Waals surface area contributed by atoms with E-state index < -0.39 is 0 Å². The second kappa shape index (κ2) is 7.49. The predicted molar refractivity (Wildman–Crippen MR) is 85.0 cm³/mol. The summed E-state index contributed by atoms with van der Waals surface area (Å²) in [5.41, 5.74) is 2.51. The van der Waals surface area contributed by atoms with Crippen LogP contribution in [-0.4, -0.2) is 31.3 Å². The van der Waals surface area contributed by atoms with Crippen molar-refractivity contribution < 1.29 is 9.32 Å². The van der Waals surface area contributed by atoms with Crippen LogP contribution in [0.15, 0.2) is 41.2 Å². The van der Waals surface area contributed by atoms with E-state index in [0.29, 0.717) is 24.4 Å². The molecule has 0 bridgehead atoms. The summed E-state index contributed by atoms with van der Waals surface area (Å²) in [7, 11) is 0. The number of tetrazole rings is 1. The Hall–Kier alpha value is -3.03. The lowest BCUT2D eigenvalue weighted by molar-refractivity contribution is 0.0947. The number of hydrogen-bond donors (Lipinski definition) is 1. The molecule has 0 spiro atoms. The van der Waals surface area contributed by atoms with Crippen LogP contribution >= 0.6 is 0 Å². The molecule has 8 heteroatoms. The Bertz CT molecular complexity index is 779. The van der Waals surface area contributed by atoms with Crippen molar-refractivity contribution in [2.75, 3.05) is 0 Å². The SMILES string of the molecule is CCCc1cc(CNC(=O)c2ccc(Cn3cnnn3)cc2)on1. The molecule has 0 fully saturated rings. The molecule has 2 aromatic heterocycles. The third-order valence-corrected chi connectivity index (χ3v) is 3.49. The molecule has 1 amide bonds. The van der Waals surface area contributed by atoms with Gasteiger partial charge in [0.15, 0.2) is 5.76 Å². The van der Waals surface area contributed by atoms with E-state index >= 15 is 0 Å². The highest BCUT2D eigenvalue weighted by Crippen LogP contribution is 2.08. The molecule has 0 saturated carbocycles. The largest absolute Gasteiger partial charge is 0.359 e. The molecule has 24 heavy (non-hydrogen) atoms. The zero-order chi connectivity index (χ0) is 16.8. The Morgan fingerprint density at radius 1 is 1.29 bits per heavy atom. The third kappa shape index (κ3) is 4.03. The summed E-state index contributed by atoms with van der Waals surface area (Å²) >= 11 is 0. The zero-order valence-electron chi connectivity index (χ0n) is 13.3. The van der Waals surface area contributed by atoms with Gasteiger partial charge in [0.05, 0.1) is 18.8 Å². The van der Waals surface area contributed by atoms with Crippen LogP contribution in [0.2, 0.25) is 0 Å². The first kappa shape index (κ1) is 15.9. The summed E-state index contributed by atoms with van der Waals surface area (Å²) in [6.45, 7) is 2.97. The molecule has 0 aliphatic rings. The van der Waals surface area contributed by atoms with Crippen molar-refractivity contribution in [3.63, 3.8) is 0 Å². The fraction of sp³-hybridized carbons (Fsp3) is 0.312. The predicted octanol–water partition coefficient (Wildman–Crippen LogP) is 1.59. The van der Waals surface area contributed by atoms with Gasteiger partial charge in [-0.05, 0) is 34.5 Å². The molecule has 0 unspecified atom stereocenters. The van der Waals surface area contributed by atoms with Crippen LogP contribution in [0.3, 0.4) is 0 Å². The van der Waals surface area contributed by atoms with Gasteiger partial charge in [0.1, 0.15) is 6.33 Å². The van der Waals surface area contributed by atoms with Gasteiger partial charge in [-0.2, -0.15) is 0 Å². The van der Waals surface area contributed by atoms with Gasteiger partial charge < -0.3 is 9.84 Å². The van der Waals surface area contributed by atoms with E-state index in [1.54, 1.807) is 23.1 Å². The molecular weight excluding hydrogens is 308 g/mol. The molecule has 0 radical (unpaired) electrons. The smallest absolute Gasteiger partial charge is 0.251 e. The van der Waals surface area contributed by atoms with E-state index in [2.05, 4.69) is 32.9 Å². The lowest BCUT2D eigenvalue weighted by Crippen LogP contribution is -2.22. The maximum atomic E-state index is 12.2. The number of amides is 1. The maximum absolute atomic E-state index is 12.2. The highest BCUT2D eigenvalue weighted by atomic mass is 16.5. The molecule has 1 N–H and O–H groups in total. The maximum Gasteiger partial charge on any atom is 0.251 e. The number of aryl methyl sites for hydroxylation is 1. The lowest BCUT2D eigenvalue weighted by atomic mass is 10.1. The molecule has 8 nitrogen and oxygen atoms in total. The number of carbonyl (C=O) groups excluding carboxylic acids is 1. The molecule has 2 heterocycles. The van der Waals surface area contributed by atoms with Crippen LogP contribution in [0.25, 0.3) is 0 Å². The average molecular weight is 326 g/mol. The van der Waals surface area contributed by atoms with Gasteiger partial charge >= 0.3 is 0 Å². The van der Waals surface area contributed by atoms with Gasteiger partial charge in [-0.1, -0.05) is 30.6 Å². The number of carbonyl (C=O) groups is 1. The van der Waals surface area contributed by atoms with Crippen LogP contribution in [0.1, 0.15) is 40.7 Å². The third-order valence-electron chi connectivity index (χ3n) is 3.49. The second-order valence-corrected chi connectivity index (χ2v) is 5.42.